The van der Waals surface area contributed by atoms with E-state index in [4.69, 9.17) is 16.6 Å². The van der Waals surface area contributed by atoms with Gasteiger partial charge in [-0.05, 0) is 45.4 Å². The van der Waals surface area contributed by atoms with Gasteiger partial charge in [-0.3, -0.25) is 9.59 Å². The summed E-state index contributed by atoms with van der Waals surface area (Å²) in [5.41, 5.74) is 11.2. The normalized spacial score (nSPS) is 12.6. The number of rotatable bonds is 36. The average Bonchev–Trinajstić information content (AvgIpc) is 3.03. The Hall–Kier alpha value is -1.36. The molecule has 2 unspecified atom stereocenters. The van der Waals surface area contributed by atoms with Gasteiger partial charge in [0.25, 0.3) is 0 Å². The van der Waals surface area contributed by atoms with Crippen LogP contribution in [-0.2, 0) is 9.59 Å². The van der Waals surface area contributed by atoms with Crippen molar-refractivity contribution >= 4 is 11.9 Å². The Balaban J connectivity index is 0. The van der Waals surface area contributed by atoms with Crippen molar-refractivity contribution in [1.82, 2.24) is 0 Å². The van der Waals surface area contributed by atoms with E-state index in [9.17, 15) is 9.59 Å². The molecule has 1 amide bonds. The summed E-state index contributed by atoms with van der Waals surface area (Å²) in [6.45, 7) is 6.42. The van der Waals surface area contributed by atoms with Crippen molar-refractivity contribution in [3.63, 3.8) is 0 Å². The van der Waals surface area contributed by atoms with Gasteiger partial charge in [0.1, 0.15) is 0 Å². The van der Waals surface area contributed by atoms with Gasteiger partial charge >= 0.3 is 5.97 Å². The molecule has 2 atom stereocenters. The average molecular weight is 665 g/mol. The number of carboxylic acid groups (broad SMARTS) is 1. The molecule has 0 saturated carbocycles. The highest BCUT2D eigenvalue weighted by Gasteiger charge is 2.18. The van der Waals surface area contributed by atoms with Crippen molar-refractivity contribution in [2.24, 2.45) is 17.4 Å². The molecule has 280 valence electrons. The van der Waals surface area contributed by atoms with Crippen molar-refractivity contribution in [2.45, 2.75) is 239 Å². The zero-order valence-electron chi connectivity index (χ0n) is 32.1. The second-order valence-corrected chi connectivity index (χ2v) is 14.4. The zero-order valence-corrected chi connectivity index (χ0v) is 32.1. The van der Waals surface area contributed by atoms with E-state index >= 15 is 0 Å². The van der Waals surface area contributed by atoms with E-state index in [1.807, 2.05) is 6.92 Å². The van der Waals surface area contributed by atoms with Crippen LogP contribution in [0.2, 0.25) is 0 Å². The minimum Gasteiger partial charge on any atom is -0.481 e. The van der Waals surface area contributed by atoms with Crippen molar-refractivity contribution in [3.05, 3.63) is 12.2 Å². The second-order valence-electron chi connectivity index (χ2n) is 14.4. The molecule has 0 aliphatic heterocycles. The summed E-state index contributed by atoms with van der Waals surface area (Å²) in [6, 6.07) is -0.123. The summed E-state index contributed by atoms with van der Waals surface area (Å²) in [5, 5.41) is 8.52. The number of carbonyl (C=O) groups excluding carboxylic acids is 1. The first-order valence-electron chi connectivity index (χ1n) is 20.8. The summed E-state index contributed by atoms with van der Waals surface area (Å²) in [5.74, 6) is -1.05. The Kier molecular flexibility index (Phi) is 41.5. The maximum Gasteiger partial charge on any atom is 0.303 e. The Morgan fingerprint density at radius 1 is 0.511 bits per heavy atom. The minimum absolute atomic E-state index is 0.123. The van der Waals surface area contributed by atoms with Gasteiger partial charge in [-0.2, -0.15) is 0 Å². The van der Waals surface area contributed by atoms with Gasteiger partial charge in [-0.15, -0.1) is 0 Å². The lowest BCUT2D eigenvalue weighted by Gasteiger charge is -2.16. The molecule has 0 aromatic rings. The molecule has 0 aromatic carbocycles. The van der Waals surface area contributed by atoms with Gasteiger partial charge < -0.3 is 16.6 Å². The molecule has 5 heteroatoms. The molecule has 0 radical (unpaired) electrons. The van der Waals surface area contributed by atoms with Crippen LogP contribution >= 0.6 is 0 Å². The molecule has 0 aromatic heterocycles. The van der Waals surface area contributed by atoms with Crippen LogP contribution < -0.4 is 11.5 Å². The van der Waals surface area contributed by atoms with Crippen molar-refractivity contribution in [1.29, 1.82) is 0 Å². The number of nitrogens with two attached hydrogens (primary N) is 2. The monoisotopic (exact) mass is 665 g/mol. The first-order chi connectivity index (χ1) is 22.9. The quantitative estimate of drug-likeness (QED) is 0.0457. The standard InChI is InChI=1S/C24H48N2O.C18H36O2/c1-3-4-5-6-7-8-9-10-11-12-13-14-15-16-17-18-19-20-21-23(22(2)25)24(26)27;1-2-3-4-5-6-7-8-9-10-11-12-13-14-15-16-17-18(19)20/h10-11,22-23H,3-9,12-21,25H2,1-2H3,(H2,26,27);2-17H2,1H3,(H,19,20)/b11-10-;. The van der Waals surface area contributed by atoms with Crippen LogP contribution in [0.5, 0.6) is 0 Å². The highest BCUT2D eigenvalue weighted by molar-refractivity contribution is 5.77. The minimum atomic E-state index is -0.653. The third-order valence-corrected chi connectivity index (χ3v) is 9.52. The molecule has 0 heterocycles. The lowest BCUT2D eigenvalue weighted by atomic mass is 9.94. The molecule has 0 bridgehead atoms. The summed E-state index contributed by atoms with van der Waals surface area (Å²) in [6.07, 6.45) is 46.9. The van der Waals surface area contributed by atoms with E-state index in [0.29, 0.717) is 6.42 Å². The molecular formula is C42H84N2O3. The van der Waals surface area contributed by atoms with Crippen LogP contribution in [0.4, 0.5) is 0 Å². The van der Waals surface area contributed by atoms with Crippen molar-refractivity contribution in [3.8, 4) is 0 Å². The number of amides is 1. The summed E-state index contributed by atoms with van der Waals surface area (Å²) >= 11 is 0. The lowest BCUT2D eigenvalue weighted by molar-refractivity contribution is -0.137. The number of carbonyl (C=O) groups is 2. The molecular weight excluding hydrogens is 580 g/mol. The fourth-order valence-electron chi connectivity index (χ4n) is 6.28. The van der Waals surface area contributed by atoms with Gasteiger partial charge in [0.15, 0.2) is 0 Å². The number of carboxylic acids is 1. The molecule has 5 N–H and O–H groups in total. The molecule has 0 fully saturated rings. The Morgan fingerprint density at radius 2 is 0.809 bits per heavy atom. The molecule has 47 heavy (non-hydrogen) atoms. The molecule has 0 rings (SSSR count). The maximum absolute atomic E-state index is 11.3. The largest absolute Gasteiger partial charge is 0.481 e. The Morgan fingerprint density at radius 3 is 1.11 bits per heavy atom. The van der Waals surface area contributed by atoms with E-state index in [1.54, 1.807) is 0 Å². The van der Waals surface area contributed by atoms with E-state index in [0.717, 1.165) is 25.7 Å². The SMILES string of the molecule is CCCCCCCC/C=C\CCCCCCCCCCC(C(N)=O)C(C)N.CCCCCCCCCCCCCCCCCC(=O)O. The molecule has 0 aliphatic rings. The number of hydrogen-bond acceptors (Lipinski definition) is 3. The van der Waals surface area contributed by atoms with Gasteiger partial charge in [0.05, 0.1) is 5.92 Å². The van der Waals surface area contributed by atoms with Crippen molar-refractivity contribution < 1.29 is 14.7 Å². The van der Waals surface area contributed by atoms with Crippen LogP contribution in [0.15, 0.2) is 12.2 Å². The van der Waals surface area contributed by atoms with E-state index < -0.39 is 5.97 Å². The first kappa shape index (κ1) is 47.8. The number of hydrogen-bond donors (Lipinski definition) is 3. The number of aliphatic carboxylic acids is 1. The fourth-order valence-corrected chi connectivity index (χ4v) is 6.28. The summed E-state index contributed by atoms with van der Waals surface area (Å²) in [4.78, 5) is 21.6. The van der Waals surface area contributed by atoms with E-state index in [1.165, 1.54) is 180 Å². The molecule has 0 aliphatic carbocycles. The Labute approximate surface area is 294 Å². The summed E-state index contributed by atoms with van der Waals surface area (Å²) < 4.78 is 0. The van der Waals surface area contributed by atoms with E-state index in [2.05, 4.69) is 26.0 Å². The van der Waals surface area contributed by atoms with Crippen LogP contribution in [0.25, 0.3) is 0 Å². The van der Waals surface area contributed by atoms with Crippen LogP contribution in [0.1, 0.15) is 233 Å². The third kappa shape index (κ3) is 42.6. The first-order valence-corrected chi connectivity index (χ1v) is 20.8. The van der Waals surface area contributed by atoms with Gasteiger partial charge in [-0.25, -0.2) is 0 Å². The third-order valence-electron chi connectivity index (χ3n) is 9.52. The van der Waals surface area contributed by atoms with Crippen LogP contribution in [0.3, 0.4) is 0 Å². The predicted octanol–water partition coefficient (Wildman–Crippen LogP) is 13.0. The van der Waals surface area contributed by atoms with E-state index in [-0.39, 0.29) is 17.9 Å². The number of unbranched alkanes of at least 4 members (excludes halogenated alkanes) is 28. The van der Waals surface area contributed by atoms with Crippen molar-refractivity contribution in [2.75, 3.05) is 0 Å². The maximum atomic E-state index is 11.3. The highest BCUT2D eigenvalue weighted by Crippen LogP contribution is 2.16. The highest BCUT2D eigenvalue weighted by atomic mass is 16.4. The lowest BCUT2D eigenvalue weighted by Crippen LogP contribution is -2.37. The fraction of sp³-hybridized carbons (Fsp3) is 0.905. The second kappa shape index (κ2) is 40.8. The molecule has 5 nitrogen and oxygen atoms in total. The van der Waals surface area contributed by atoms with Crippen LogP contribution in [-0.4, -0.2) is 23.0 Å². The number of primary amides is 1. The number of allylic oxidation sites excluding steroid dienone is 2. The molecule has 0 saturated heterocycles. The van der Waals surface area contributed by atoms with Gasteiger partial charge in [-0.1, -0.05) is 193 Å². The van der Waals surface area contributed by atoms with Gasteiger partial charge in [0.2, 0.25) is 5.91 Å². The zero-order chi connectivity index (χ0) is 35.1. The smallest absolute Gasteiger partial charge is 0.303 e. The Bertz CT molecular complexity index is 664. The topological polar surface area (TPSA) is 106 Å². The summed E-state index contributed by atoms with van der Waals surface area (Å²) in [7, 11) is 0. The van der Waals surface area contributed by atoms with Gasteiger partial charge in [0, 0.05) is 12.5 Å². The molecule has 0 spiro atoms. The predicted molar refractivity (Wildman–Crippen MR) is 207 cm³/mol. The van der Waals surface area contributed by atoms with Crippen LogP contribution in [0, 0.1) is 5.92 Å².